The summed E-state index contributed by atoms with van der Waals surface area (Å²) in [5.41, 5.74) is 5.51. The average molecular weight is 550 g/mol. The van der Waals surface area contributed by atoms with Crippen molar-refractivity contribution in [1.29, 1.82) is 10.7 Å². The quantitative estimate of drug-likeness (QED) is 0.148. The van der Waals surface area contributed by atoms with Crippen LogP contribution in [-0.4, -0.2) is 72.3 Å². The number of amides is 3. The van der Waals surface area contributed by atoms with Crippen molar-refractivity contribution in [3.05, 3.63) is 34.3 Å². The molecule has 0 bridgehead atoms. The maximum absolute atomic E-state index is 13.5. The predicted octanol–water partition coefficient (Wildman–Crippen LogP) is 1.24. The fourth-order valence-electron chi connectivity index (χ4n) is 4.18. The van der Waals surface area contributed by atoms with E-state index in [1.807, 2.05) is 6.07 Å². The lowest BCUT2D eigenvalue weighted by Crippen LogP contribution is -2.56. The first kappa shape index (κ1) is 30.5. The fourth-order valence-corrected chi connectivity index (χ4v) is 4.34. The molecule has 0 spiro atoms. The molecular formula is C25H33ClFN7O4. The molecule has 1 aromatic rings. The molecule has 2 rings (SSSR count). The van der Waals surface area contributed by atoms with Crippen molar-refractivity contribution >= 4 is 41.1 Å². The maximum Gasteiger partial charge on any atom is 0.251 e. The third-order valence-corrected chi connectivity index (χ3v) is 6.56. The van der Waals surface area contributed by atoms with E-state index in [1.54, 1.807) is 13.8 Å². The molecule has 0 radical (unpaired) electrons. The number of halogens is 2. The number of likely N-dealkylation sites (tertiary alicyclic amines) is 1. The SMILES string of the molecule is CC(C)C(NC(=O)c1ccc(Cl)c(C#N)c1)C(=O)N1CCCC1C(=O)N[C@@H](CCCNC(=N)N)C(=O)CF. The van der Waals surface area contributed by atoms with E-state index in [-0.39, 0.29) is 47.5 Å². The topological polar surface area (TPSA) is 181 Å². The lowest BCUT2D eigenvalue weighted by atomic mass is 10.0. The number of guanidine groups is 1. The zero-order valence-electron chi connectivity index (χ0n) is 21.4. The molecule has 6 N–H and O–H groups in total. The molecule has 2 unspecified atom stereocenters. The number of carbonyl (C=O) groups is 4. The summed E-state index contributed by atoms with van der Waals surface area (Å²) in [5.74, 6) is -2.96. The van der Waals surface area contributed by atoms with E-state index >= 15 is 0 Å². The zero-order chi connectivity index (χ0) is 28.4. The number of alkyl halides is 1. The Morgan fingerprint density at radius 2 is 2.00 bits per heavy atom. The van der Waals surface area contributed by atoms with E-state index in [0.29, 0.717) is 19.3 Å². The Kier molecular flexibility index (Phi) is 11.5. The summed E-state index contributed by atoms with van der Waals surface area (Å²) in [7, 11) is 0. The van der Waals surface area contributed by atoms with E-state index in [4.69, 9.17) is 22.7 Å². The Hall–Kier alpha value is -3.72. The number of nitriles is 1. The van der Waals surface area contributed by atoms with Crippen LogP contribution in [0.1, 0.15) is 55.5 Å². The molecule has 11 nitrogen and oxygen atoms in total. The van der Waals surface area contributed by atoms with Crippen LogP contribution in [0.5, 0.6) is 0 Å². The minimum absolute atomic E-state index is 0.123. The van der Waals surface area contributed by atoms with Crippen LogP contribution in [0, 0.1) is 22.7 Å². The molecule has 1 aliphatic heterocycles. The van der Waals surface area contributed by atoms with Gasteiger partial charge in [0.1, 0.15) is 24.8 Å². The number of nitrogens with one attached hydrogen (secondary N) is 4. The van der Waals surface area contributed by atoms with Gasteiger partial charge in [0, 0.05) is 18.7 Å². The molecule has 0 saturated carbocycles. The Balaban J connectivity index is 2.12. The van der Waals surface area contributed by atoms with Gasteiger partial charge in [-0.3, -0.25) is 24.6 Å². The lowest BCUT2D eigenvalue weighted by Gasteiger charge is -2.31. The van der Waals surface area contributed by atoms with Crippen molar-refractivity contribution in [2.24, 2.45) is 11.7 Å². The Labute approximate surface area is 225 Å². The minimum atomic E-state index is -1.25. The summed E-state index contributed by atoms with van der Waals surface area (Å²) >= 11 is 5.94. The smallest absolute Gasteiger partial charge is 0.251 e. The highest BCUT2D eigenvalue weighted by atomic mass is 35.5. The number of hydrogen-bond donors (Lipinski definition) is 5. The molecule has 206 valence electrons. The van der Waals surface area contributed by atoms with Gasteiger partial charge in [-0.05, 0) is 49.8 Å². The van der Waals surface area contributed by atoms with Crippen molar-refractivity contribution in [2.75, 3.05) is 19.8 Å². The lowest BCUT2D eigenvalue weighted by molar-refractivity contribution is -0.141. The summed E-state index contributed by atoms with van der Waals surface area (Å²) in [6, 6.07) is 3.18. The first-order valence-electron chi connectivity index (χ1n) is 12.3. The van der Waals surface area contributed by atoms with Gasteiger partial charge in [-0.25, -0.2) is 4.39 Å². The van der Waals surface area contributed by atoms with E-state index < -0.39 is 48.3 Å². The second-order valence-corrected chi connectivity index (χ2v) is 9.74. The molecule has 3 amide bonds. The standard InChI is InChI=1S/C25H33ClFN7O4/c1-14(2)21(33-22(36)15-7-8-17(26)16(11-15)13-28)24(38)34-10-4-6-19(34)23(37)32-18(20(35)12-27)5-3-9-31-25(29)30/h7-8,11,14,18-19,21H,3-6,9-10,12H2,1-2H3,(H,32,37)(H,33,36)(H4,29,30,31)/t18-,19?,21?/m0/s1. The molecule has 13 heteroatoms. The van der Waals surface area contributed by atoms with Crippen LogP contribution in [-0.2, 0) is 14.4 Å². The van der Waals surface area contributed by atoms with Gasteiger partial charge in [-0.1, -0.05) is 25.4 Å². The largest absolute Gasteiger partial charge is 0.370 e. The molecule has 1 aliphatic rings. The molecular weight excluding hydrogens is 517 g/mol. The van der Waals surface area contributed by atoms with Crippen molar-refractivity contribution in [2.45, 2.75) is 57.7 Å². The van der Waals surface area contributed by atoms with Gasteiger partial charge in [-0.15, -0.1) is 0 Å². The second-order valence-electron chi connectivity index (χ2n) is 9.34. The van der Waals surface area contributed by atoms with E-state index in [1.165, 1.54) is 23.1 Å². The maximum atomic E-state index is 13.5. The Morgan fingerprint density at radius 1 is 1.29 bits per heavy atom. The van der Waals surface area contributed by atoms with Crippen LogP contribution in [0.4, 0.5) is 4.39 Å². The molecule has 3 atom stereocenters. The Bertz CT molecular complexity index is 1110. The number of ketones is 1. The fraction of sp³-hybridized carbons (Fsp3) is 0.520. The summed E-state index contributed by atoms with van der Waals surface area (Å²) in [6.07, 6.45) is 1.37. The molecule has 0 aromatic heterocycles. The van der Waals surface area contributed by atoms with Crippen molar-refractivity contribution < 1.29 is 23.6 Å². The number of nitrogens with zero attached hydrogens (tertiary/aromatic N) is 2. The van der Waals surface area contributed by atoms with Gasteiger partial charge in [0.15, 0.2) is 11.7 Å². The van der Waals surface area contributed by atoms with Gasteiger partial charge in [0.2, 0.25) is 11.8 Å². The molecule has 1 aromatic carbocycles. The van der Waals surface area contributed by atoms with Crippen molar-refractivity contribution in [1.82, 2.24) is 20.9 Å². The number of Topliss-reactive ketones (excluding diaryl/α,β-unsaturated/α-hetero) is 1. The van der Waals surface area contributed by atoms with E-state index in [2.05, 4.69) is 16.0 Å². The van der Waals surface area contributed by atoms with E-state index in [9.17, 15) is 28.8 Å². The van der Waals surface area contributed by atoms with Crippen LogP contribution < -0.4 is 21.7 Å². The van der Waals surface area contributed by atoms with Gasteiger partial charge in [-0.2, -0.15) is 5.26 Å². The normalized spacial score (nSPS) is 16.3. The molecule has 0 aliphatic carbocycles. The first-order valence-corrected chi connectivity index (χ1v) is 12.7. The average Bonchev–Trinajstić information content (AvgIpc) is 3.38. The van der Waals surface area contributed by atoms with Gasteiger partial charge >= 0.3 is 0 Å². The molecule has 1 fully saturated rings. The van der Waals surface area contributed by atoms with Crippen LogP contribution in [0.25, 0.3) is 0 Å². The number of carbonyl (C=O) groups excluding carboxylic acids is 4. The van der Waals surface area contributed by atoms with Gasteiger partial charge in [0.05, 0.1) is 16.6 Å². The summed E-state index contributed by atoms with van der Waals surface area (Å²) < 4.78 is 13.1. The summed E-state index contributed by atoms with van der Waals surface area (Å²) in [6.45, 7) is 2.80. The summed E-state index contributed by atoms with van der Waals surface area (Å²) in [5, 5.41) is 24.4. The number of nitrogens with two attached hydrogens (primary N) is 1. The highest BCUT2D eigenvalue weighted by Gasteiger charge is 2.39. The number of rotatable bonds is 12. The molecule has 38 heavy (non-hydrogen) atoms. The first-order chi connectivity index (χ1) is 18.0. The van der Waals surface area contributed by atoms with Crippen LogP contribution in [0.3, 0.4) is 0 Å². The third-order valence-electron chi connectivity index (χ3n) is 6.23. The van der Waals surface area contributed by atoms with Gasteiger partial charge < -0.3 is 26.6 Å². The molecule has 1 saturated heterocycles. The van der Waals surface area contributed by atoms with E-state index in [0.717, 1.165) is 0 Å². The number of benzene rings is 1. The number of hydrogen-bond acceptors (Lipinski definition) is 6. The Morgan fingerprint density at radius 3 is 2.61 bits per heavy atom. The molecule has 1 heterocycles. The highest BCUT2D eigenvalue weighted by Crippen LogP contribution is 2.22. The van der Waals surface area contributed by atoms with Crippen LogP contribution in [0.15, 0.2) is 18.2 Å². The van der Waals surface area contributed by atoms with Crippen molar-refractivity contribution in [3.63, 3.8) is 0 Å². The van der Waals surface area contributed by atoms with Gasteiger partial charge in [0.25, 0.3) is 5.91 Å². The monoisotopic (exact) mass is 549 g/mol. The highest BCUT2D eigenvalue weighted by molar-refractivity contribution is 6.31. The zero-order valence-corrected chi connectivity index (χ0v) is 22.1. The third kappa shape index (κ3) is 8.14. The van der Waals surface area contributed by atoms with Crippen molar-refractivity contribution in [3.8, 4) is 6.07 Å². The second kappa shape index (κ2) is 14.3. The summed E-state index contributed by atoms with van der Waals surface area (Å²) in [4.78, 5) is 52.9. The minimum Gasteiger partial charge on any atom is -0.370 e. The van der Waals surface area contributed by atoms with Crippen LogP contribution in [0.2, 0.25) is 5.02 Å². The van der Waals surface area contributed by atoms with Crippen LogP contribution >= 0.6 is 11.6 Å². The predicted molar refractivity (Wildman–Crippen MR) is 139 cm³/mol.